The smallest absolute Gasteiger partial charge is 0.315 e. The average Bonchev–Trinajstić information content (AvgIpc) is 2.66. The van der Waals surface area contributed by atoms with Gasteiger partial charge in [0.05, 0.1) is 27.1 Å². The van der Waals surface area contributed by atoms with E-state index in [0.29, 0.717) is 10.0 Å². The van der Waals surface area contributed by atoms with Crippen LogP contribution in [0.1, 0.15) is 18.9 Å². The normalized spacial score (nSPS) is 20.4. The molecule has 96 valence electrons. The lowest BCUT2D eigenvalue weighted by Crippen LogP contribution is -2.35. The molecule has 1 aliphatic heterocycles. The summed E-state index contributed by atoms with van der Waals surface area (Å²) in [5.74, 6) is 0. The molecule has 0 bridgehead atoms. The van der Waals surface area contributed by atoms with Gasteiger partial charge in [0.25, 0.3) is 0 Å². The summed E-state index contributed by atoms with van der Waals surface area (Å²) in [5, 5.41) is 4.24. The highest BCUT2D eigenvalue weighted by Gasteiger charge is 2.20. The lowest BCUT2D eigenvalue weighted by atomic mass is 10.1. The summed E-state index contributed by atoms with van der Waals surface area (Å²) in [4.78, 5) is 14.9. The molecular formula is C12H13Cl2N3O. The van der Waals surface area contributed by atoms with Gasteiger partial charge in [-0.2, -0.15) is 0 Å². The predicted molar refractivity (Wildman–Crippen MR) is 73.7 cm³/mol. The molecule has 0 unspecified atom stereocenters. The van der Waals surface area contributed by atoms with E-state index < -0.39 is 0 Å². The van der Waals surface area contributed by atoms with Gasteiger partial charge in [-0.05, 0) is 31.5 Å². The number of hydrogen-bond acceptors (Lipinski definition) is 2. The minimum absolute atomic E-state index is 0.1000. The van der Waals surface area contributed by atoms with E-state index in [0.717, 1.165) is 37.0 Å². The van der Waals surface area contributed by atoms with Crippen molar-refractivity contribution in [3.63, 3.8) is 0 Å². The van der Waals surface area contributed by atoms with Crippen molar-refractivity contribution in [2.45, 2.75) is 18.9 Å². The number of fused-ring (bicyclic) bond motifs is 1. The minimum Gasteiger partial charge on any atom is -0.315 e. The summed E-state index contributed by atoms with van der Waals surface area (Å²) in [5.41, 5.74) is 1.46. The van der Waals surface area contributed by atoms with Crippen LogP contribution in [0, 0.1) is 0 Å². The Morgan fingerprint density at radius 2 is 2.06 bits per heavy atom. The summed E-state index contributed by atoms with van der Waals surface area (Å²) in [6, 6.07) is 3.64. The van der Waals surface area contributed by atoms with E-state index in [1.807, 2.05) is 0 Å². The largest absolute Gasteiger partial charge is 0.326 e. The van der Waals surface area contributed by atoms with Gasteiger partial charge in [0.1, 0.15) is 0 Å². The molecule has 0 radical (unpaired) electrons. The topological polar surface area (TPSA) is 49.8 Å². The number of piperidine rings is 1. The zero-order chi connectivity index (χ0) is 12.7. The molecule has 18 heavy (non-hydrogen) atoms. The molecule has 2 heterocycles. The molecule has 4 nitrogen and oxygen atoms in total. The number of aromatic nitrogens is 2. The fourth-order valence-corrected chi connectivity index (χ4v) is 2.86. The summed E-state index contributed by atoms with van der Waals surface area (Å²) in [7, 11) is 0. The first-order valence-electron chi connectivity index (χ1n) is 5.97. The van der Waals surface area contributed by atoms with Crippen molar-refractivity contribution in [3.05, 3.63) is 32.7 Å². The number of H-pyrrole nitrogens is 1. The van der Waals surface area contributed by atoms with E-state index in [-0.39, 0.29) is 11.7 Å². The van der Waals surface area contributed by atoms with E-state index in [1.54, 1.807) is 16.7 Å². The van der Waals surface area contributed by atoms with Crippen LogP contribution in [0.25, 0.3) is 11.0 Å². The molecule has 0 spiro atoms. The van der Waals surface area contributed by atoms with Crippen molar-refractivity contribution >= 4 is 34.2 Å². The van der Waals surface area contributed by atoms with E-state index in [4.69, 9.17) is 23.2 Å². The zero-order valence-electron chi connectivity index (χ0n) is 9.67. The molecular weight excluding hydrogens is 273 g/mol. The fraction of sp³-hybridized carbons (Fsp3) is 0.417. The highest BCUT2D eigenvalue weighted by molar-refractivity contribution is 6.42. The highest BCUT2D eigenvalue weighted by Crippen LogP contribution is 2.28. The van der Waals surface area contributed by atoms with Gasteiger partial charge >= 0.3 is 5.69 Å². The van der Waals surface area contributed by atoms with Crippen molar-refractivity contribution < 1.29 is 0 Å². The van der Waals surface area contributed by atoms with Crippen LogP contribution >= 0.6 is 23.2 Å². The number of nitrogens with zero attached hydrogens (tertiary/aromatic N) is 1. The first-order chi connectivity index (χ1) is 8.66. The summed E-state index contributed by atoms with van der Waals surface area (Å²) < 4.78 is 1.78. The average molecular weight is 286 g/mol. The second-order valence-corrected chi connectivity index (χ2v) is 5.40. The Hall–Kier alpha value is -0.970. The quantitative estimate of drug-likeness (QED) is 0.846. The van der Waals surface area contributed by atoms with Crippen molar-refractivity contribution in [1.29, 1.82) is 0 Å². The van der Waals surface area contributed by atoms with Crippen LogP contribution in [0.4, 0.5) is 0 Å². The fourth-order valence-electron chi connectivity index (χ4n) is 2.54. The number of nitrogens with one attached hydrogen (secondary N) is 2. The van der Waals surface area contributed by atoms with Crippen LogP contribution in [0.2, 0.25) is 10.0 Å². The summed E-state index contributed by atoms with van der Waals surface area (Å²) >= 11 is 12.0. The van der Waals surface area contributed by atoms with Gasteiger partial charge in [-0.25, -0.2) is 4.79 Å². The van der Waals surface area contributed by atoms with Crippen LogP contribution in [0.5, 0.6) is 0 Å². The number of rotatable bonds is 1. The molecule has 1 atom stereocenters. The minimum atomic E-state index is -0.1000. The Morgan fingerprint density at radius 3 is 2.78 bits per heavy atom. The maximum atomic E-state index is 12.1. The number of halogens is 2. The number of aromatic amines is 1. The second kappa shape index (κ2) is 4.61. The van der Waals surface area contributed by atoms with Gasteiger partial charge < -0.3 is 10.3 Å². The molecule has 0 saturated carbocycles. The van der Waals surface area contributed by atoms with Gasteiger partial charge in [0.15, 0.2) is 0 Å². The molecule has 3 rings (SSSR count). The number of benzene rings is 1. The standard InChI is InChI=1S/C12H13Cl2N3O/c13-8-4-10-11(5-9(8)14)17(12(18)16-10)7-2-1-3-15-6-7/h4-5,7,15H,1-3,6H2,(H,16,18)/t7-/m1/s1. The Kier molecular flexibility index (Phi) is 3.09. The maximum absolute atomic E-state index is 12.1. The number of hydrogen-bond donors (Lipinski definition) is 2. The highest BCUT2D eigenvalue weighted by atomic mass is 35.5. The molecule has 2 N–H and O–H groups in total. The molecule has 1 fully saturated rings. The van der Waals surface area contributed by atoms with Crippen LogP contribution in [0.3, 0.4) is 0 Å². The molecule has 1 aliphatic rings. The SMILES string of the molecule is O=c1[nH]c2cc(Cl)c(Cl)cc2n1[C@@H]1CCCNC1. The lowest BCUT2D eigenvalue weighted by molar-refractivity contribution is 0.372. The zero-order valence-corrected chi connectivity index (χ0v) is 11.2. The molecule has 2 aromatic rings. The summed E-state index contributed by atoms with van der Waals surface area (Å²) in [6.07, 6.45) is 2.07. The third kappa shape index (κ3) is 1.94. The first-order valence-corrected chi connectivity index (χ1v) is 6.72. The first kappa shape index (κ1) is 12.1. The molecule has 1 saturated heterocycles. The van der Waals surface area contributed by atoms with Crippen molar-refractivity contribution in [3.8, 4) is 0 Å². The lowest BCUT2D eigenvalue weighted by Gasteiger charge is -2.24. The van der Waals surface area contributed by atoms with Gasteiger partial charge in [-0.3, -0.25) is 4.57 Å². The molecule has 0 aliphatic carbocycles. The van der Waals surface area contributed by atoms with Gasteiger partial charge in [0, 0.05) is 6.54 Å². The Morgan fingerprint density at radius 1 is 1.28 bits per heavy atom. The molecule has 6 heteroatoms. The van der Waals surface area contributed by atoms with Crippen LogP contribution in [-0.2, 0) is 0 Å². The monoisotopic (exact) mass is 285 g/mol. The van der Waals surface area contributed by atoms with Crippen LogP contribution < -0.4 is 11.0 Å². The van der Waals surface area contributed by atoms with Crippen LogP contribution in [0.15, 0.2) is 16.9 Å². The van der Waals surface area contributed by atoms with Crippen molar-refractivity contribution in [2.75, 3.05) is 13.1 Å². The second-order valence-electron chi connectivity index (χ2n) is 4.58. The Labute approximate surface area is 114 Å². The molecule has 1 aromatic carbocycles. The van der Waals surface area contributed by atoms with E-state index in [1.165, 1.54) is 0 Å². The van der Waals surface area contributed by atoms with Crippen molar-refractivity contribution in [1.82, 2.24) is 14.9 Å². The Bertz CT molecular complexity index is 641. The van der Waals surface area contributed by atoms with E-state index in [9.17, 15) is 4.79 Å². The Balaban J connectivity index is 2.18. The van der Waals surface area contributed by atoms with Gasteiger partial charge in [0.2, 0.25) is 0 Å². The molecule has 0 amide bonds. The number of imidazole rings is 1. The molecule has 1 aromatic heterocycles. The predicted octanol–water partition coefficient (Wildman–Crippen LogP) is 2.56. The van der Waals surface area contributed by atoms with Gasteiger partial charge in [-0.15, -0.1) is 0 Å². The summed E-state index contributed by atoms with van der Waals surface area (Å²) in [6.45, 7) is 1.83. The van der Waals surface area contributed by atoms with Gasteiger partial charge in [-0.1, -0.05) is 23.2 Å². The maximum Gasteiger partial charge on any atom is 0.326 e. The van der Waals surface area contributed by atoms with E-state index >= 15 is 0 Å². The van der Waals surface area contributed by atoms with E-state index in [2.05, 4.69) is 10.3 Å². The third-order valence-corrected chi connectivity index (χ3v) is 4.12. The third-order valence-electron chi connectivity index (χ3n) is 3.39. The van der Waals surface area contributed by atoms with Crippen molar-refractivity contribution in [2.24, 2.45) is 0 Å². The van der Waals surface area contributed by atoms with Crippen LogP contribution in [-0.4, -0.2) is 22.6 Å².